The van der Waals surface area contributed by atoms with E-state index in [0.29, 0.717) is 17.7 Å². The number of nitrogens with one attached hydrogen (secondary N) is 1. The smallest absolute Gasteiger partial charge is 0.275 e. The van der Waals surface area contributed by atoms with Crippen molar-refractivity contribution in [3.63, 3.8) is 0 Å². The van der Waals surface area contributed by atoms with Gasteiger partial charge in [0.2, 0.25) is 5.95 Å². The third-order valence-corrected chi connectivity index (χ3v) is 8.87. The molecule has 4 atom stereocenters. The van der Waals surface area contributed by atoms with Gasteiger partial charge in [0.15, 0.2) is 5.82 Å². The molecule has 2 saturated heterocycles. The number of hydrogen-bond acceptors (Lipinski definition) is 9. The Morgan fingerprint density at radius 3 is 2.58 bits per heavy atom. The monoisotopic (exact) mass is 641 g/mol. The Balaban J connectivity index is 1.11. The summed E-state index contributed by atoms with van der Waals surface area (Å²) in [5.41, 5.74) is -0.428. The van der Waals surface area contributed by atoms with Crippen LogP contribution < -0.4 is 10.2 Å². The van der Waals surface area contributed by atoms with Crippen LogP contribution in [0.2, 0.25) is 5.02 Å². The number of benzene rings is 1. The lowest BCUT2D eigenvalue weighted by molar-refractivity contribution is 0.102. The molecule has 4 aromatic rings. The van der Waals surface area contributed by atoms with Crippen molar-refractivity contribution in [1.29, 1.82) is 0 Å². The van der Waals surface area contributed by atoms with Crippen molar-refractivity contribution in [3.05, 3.63) is 77.0 Å². The second-order valence-electron chi connectivity index (χ2n) is 11.3. The number of halogens is 4. The Hall–Kier alpha value is -4.14. The molecule has 11 nitrogen and oxygen atoms in total. The molecule has 0 bridgehead atoms. The predicted octanol–water partition coefficient (Wildman–Crippen LogP) is 4.76. The van der Waals surface area contributed by atoms with Crippen molar-refractivity contribution in [2.75, 3.05) is 29.9 Å². The number of amides is 1. The Labute approximate surface area is 262 Å². The van der Waals surface area contributed by atoms with E-state index in [9.17, 15) is 23.1 Å². The van der Waals surface area contributed by atoms with Gasteiger partial charge < -0.3 is 15.3 Å². The van der Waals surface area contributed by atoms with Crippen LogP contribution in [0.4, 0.5) is 24.8 Å². The second kappa shape index (κ2) is 12.7. The van der Waals surface area contributed by atoms with Gasteiger partial charge in [-0.3, -0.25) is 19.4 Å². The molecule has 0 saturated carbocycles. The maximum absolute atomic E-state index is 14.7. The molecule has 5 heterocycles. The Bertz CT molecular complexity index is 1690. The van der Waals surface area contributed by atoms with Gasteiger partial charge in [0.25, 0.3) is 12.3 Å². The summed E-state index contributed by atoms with van der Waals surface area (Å²) in [5, 5.41) is 16.7. The number of carbonyl (C=O) groups excluding carboxylic acids is 1. The zero-order valence-electron chi connectivity index (χ0n) is 24.5. The van der Waals surface area contributed by atoms with Crippen molar-refractivity contribution in [3.8, 4) is 11.3 Å². The van der Waals surface area contributed by atoms with Gasteiger partial charge in [-0.2, -0.15) is 5.10 Å². The second-order valence-corrected chi connectivity index (χ2v) is 11.7. The molecule has 0 aliphatic carbocycles. The molecule has 0 radical (unpaired) electrons. The number of rotatable bonds is 9. The quantitative estimate of drug-likeness (QED) is 0.266. The normalized spacial score (nSPS) is 20.8. The zero-order chi connectivity index (χ0) is 31.8. The number of aromatic nitrogens is 6. The molecule has 1 amide bonds. The lowest BCUT2D eigenvalue weighted by atomic mass is 10.0. The first-order valence-electron chi connectivity index (χ1n) is 14.6. The van der Waals surface area contributed by atoms with Crippen molar-refractivity contribution < 1.29 is 23.1 Å². The van der Waals surface area contributed by atoms with Gasteiger partial charge in [-0.1, -0.05) is 17.7 Å². The van der Waals surface area contributed by atoms with E-state index in [1.807, 2.05) is 6.92 Å². The Morgan fingerprint density at radius 1 is 1.13 bits per heavy atom. The molecule has 2 fully saturated rings. The SMILES string of the molecule is CC(c1cnc(N2CCC2CN2CC[C@H](O)[C@@H]2C)nc1)n1cc(NC(=O)c2cncc(-c3c(C(F)F)ccc(Cl)c3F)n2)cn1. The number of alkyl halides is 2. The highest BCUT2D eigenvalue weighted by Crippen LogP contribution is 2.35. The first-order valence-corrected chi connectivity index (χ1v) is 14.9. The molecule has 3 aromatic heterocycles. The van der Waals surface area contributed by atoms with Crippen molar-refractivity contribution in [1.82, 2.24) is 34.6 Å². The fourth-order valence-electron chi connectivity index (χ4n) is 5.67. The third kappa shape index (κ3) is 6.22. The van der Waals surface area contributed by atoms with E-state index in [1.54, 1.807) is 23.3 Å². The molecular formula is C30H31ClF3N9O2. The molecule has 236 valence electrons. The highest BCUT2D eigenvalue weighted by atomic mass is 35.5. The van der Waals surface area contributed by atoms with Crippen LogP contribution in [0, 0.1) is 5.82 Å². The summed E-state index contributed by atoms with van der Waals surface area (Å²) in [6.07, 6.45) is 7.40. The third-order valence-electron chi connectivity index (χ3n) is 8.57. The van der Waals surface area contributed by atoms with Crippen LogP contribution in [0.3, 0.4) is 0 Å². The average Bonchev–Trinajstić information content (AvgIpc) is 3.62. The minimum Gasteiger partial charge on any atom is -0.391 e. The molecule has 1 aromatic carbocycles. The zero-order valence-corrected chi connectivity index (χ0v) is 25.2. The fraction of sp³-hybridized carbons (Fsp3) is 0.400. The molecule has 6 rings (SSSR count). The van der Waals surface area contributed by atoms with Gasteiger partial charge in [-0.15, -0.1) is 0 Å². The van der Waals surface area contributed by atoms with Crippen LogP contribution in [0.1, 0.15) is 60.8 Å². The predicted molar refractivity (Wildman–Crippen MR) is 161 cm³/mol. The van der Waals surface area contributed by atoms with E-state index >= 15 is 0 Å². The largest absolute Gasteiger partial charge is 0.391 e. The summed E-state index contributed by atoms with van der Waals surface area (Å²) in [6, 6.07) is 2.25. The van der Waals surface area contributed by atoms with Crippen LogP contribution in [0.25, 0.3) is 11.3 Å². The minimum absolute atomic E-state index is 0.151. The first kappa shape index (κ1) is 30.9. The molecule has 45 heavy (non-hydrogen) atoms. The summed E-state index contributed by atoms with van der Waals surface area (Å²) >= 11 is 5.82. The number of likely N-dealkylation sites (tertiary alicyclic amines) is 1. The van der Waals surface area contributed by atoms with E-state index in [4.69, 9.17) is 11.6 Å². The molecule has 15 heteroatoms. The van der Waals surface area contributed by atoms with Crippen LogP contribution >= 0.6 is 11.6 Å². The van der Waals surface area contributed by atoms with E-state index in [0.717, 1.165) is 62.6 Å². The van der Waals surface area contributed by atoms with Crippen molar-refractivity contribution in [2.45, 2.75) is 57.3 Å². The van der Waals surface area contributed by atoms with E-state index < -0.39 is 29.3 Å². The van der Waals surface area contributed by atoms with Gasteiger partial charge in [-0.25, -0.2) is 28.1 Å². The maximum Gasteiger partial charge on any atom is 0.275 e. The van der Waals surface area contributed by atoms with Crippen LogP contribution in [-0.2, 0) is 0 Å². The van der Waals surface area contributed by atoms with E-state index in [2.05, 4.69) is 47.1 Å². The van der Waals surface area contributed by atoms with Crippen molar-refractivity contribution >= 4 is 29.1 Å². The molecule has 2 N–H and O–H groups in total. The van der Waals surface area contributed by atoms with E-state index in [-0.39, 0.29) is 34.6 Å². The summed E-state index contributed by atoms with van der Waals surface area (Å²) in [4.78, 5) is 34.7. The number of hydrogen-bond donors (Lipinski definition) is 2. The number of nitrogens with zero attached hydrogens (tertiary/aromatic N) is 8. The van der Waals surface area contributed by atoms with Crippen molar-refractivity contribution in [2.24, 2.45) is 0 Å². The van der Waals surface area contributed by atoms with E-state index in [1.165, 1.54) is 6.20 Å². The summed E-state index contributed by atoms with van der Waals surface area (Å²) < 4.78 is 43.5. The summed E-state index contributed by atoms with van der Waals surface area (Å²) in [7, 11) is 0. The molecule has 2 aliphatic heterocycles. The molecule has 2 aliphatic rings. The van der Waals surface area contributed by atoms with Gasteiger partial charge in [0.1, 0.15) is 5.69 Å². The van der Waals surface area contributed by atoms with Crippen LogP contribution in [0.15, 0.2) is 49.3 Å². The minimum atomic E-state index is -2.99. The summed E-state index contributed by atoms with van der Waals surface area (Å²) in [5.74, 6) is -1.10. The first-order chi connectivity index (χ1) is 21.6. The lowest BCUT2D eigenvalue weighted by Gasteiger charge is -2.43. The summed E-state index contributed by atoms with van der Waals surface area (Å²) in [6.45, 7) is 6.61. The van der Waals surface area contributed by atoms with Gasteiger partial charge in [0, 0.05) is 67.0 Å². The number of anilines is 2. The highest BCUT2D eigenvalue weighted by molar-refractivity contribution is 6.31. The van der Waals surface area contributed by atoms with Gasteiger partial charge in [0.05, 0.1) is 47.1 Å². The maximum atomic E-state index is 14.7. The number of aliphatic hydroxyl groups excluding tert-OH is 1. The standard InChI is InChI=1S/C30H31ClF3N9O2/c1-16(18-9-36-30(37-10-18)42-8-5-20(42)15-41-7-6-25(44)17(41)2)43-14-19(11-38-43)39-29(45)24-13-35-12-23(40-24)26-21(28(33)34)3-4-22(31)27(26)32/h3-4,9-14,16-17,20,25,28,44H,5-8,15H2,1-2H3,(H,39,45)/t16?,17-,20?,25-/m0/s1. The number of aliphatic hydroxyl groups is 1. The molecular weight excluding hydrogens is 611 g/mol. The molecule has 2 unspecified atom stereocenters. The van der Waals surface area contributed by atoms with Crippen LogP contribution in [0.5, 0.6) is 0 Å². The molecule has 0 spiro atoms. The Kier molecular flexibility index (Phi) is 8.71. The Morgan fingerprint density at radius 2 is 1.91 bits per heavy atom. The van der Waals surface area contributed by atoms with Gasteiger partial charge in [-0.05, 0) is 32.8 Å². The average molecular weight is 642 g/mol. The lowest BCUT2D eigenvalue weighted by Crippen LogP contribution is -2.55. The number of carbonyl (C=O) groups is 1. The highest BCUT2D eigenvalue weighted by Gasteiger charge is 2.36. The topological polar surface area (TPSA) is 125 Å². The van der Waals surface area contributed by atoms with Gasteiger partial charge >= 0.3 is 0 Å². The van der Waals surface area contributed by atoms with Crippen LogP contribution in [-0.4, -0.2) is 83.5 Å². The fourth-order valence-corrected chi connectivity index (χ4v) is 5.83.